The summed E-state index contributed by atoms with van der Waals surface area (Å²) in [5.74, 6) is 2.13. The average molecular weight is 378 g/mol. The van der Waals surface area contributed by atoms with E-state index in [1.807, 2.05) is 61.5 Å². The number of thioether (sulfide) groups is 1. The molecule has 4 aromatic rings. The van der Waals surface area contributed by atoms with Gasteiger partial charge in [-0.3, -0.25) is 9.89 Å². The minimum Gasteiger partial charge on any atom is -0.493 e. The number of rotatable bonds is 6. The lowest BCUT2D eigenvalue weighted by Gasteiger charge is -2.09. The van der Waals surface area contributed by atoms with Crippen molar-refractivity contribution in [1.82, 2.24) is 19.6 Å². The molecule has 0 bridgehead atoms. The normalized spacial score (nSPS) is 11.0. The molecule has 136 valence electrons. The summed E-state index contributed by atoms with van der Waals surface area (Å²) in [6, 6.07) is 19.2. The minimum atomic E-state index is -0.202. The summed E-state index contributed by atoms with van der Waals surface area (Å²) < 4.78 is 7.41. The fourth-order valence-corrected chi connectivity index (χ4v) is 3.46. The molecule has 0 saturated carbocycles. The third-order valence-electron chi connectivity index (χ3n) is 3.93. The molecule has 2 aromatic carbocycles. The summed E-state index contributed by atoms with van der Waals surface area (Å²) in [4.78, 5) is 20.9. The Hall–Kier alpha value is -3.06. The number of nitrogens with one attached hydrogen (secondary N) is 1. The van der Waals surface area contributed by atoms with Gasteiger partial charge in [-0.15, -0.1) is 0 Å². The maximum absolute atomic E-state index is 11.8. The number of hydrogen-bond donors (Lipinski definition) is 1. The topological polar surface area (TPSA) is 72.3 Å². The molecule has 4 rings (SSSR count). The second-order valence-corrected chi connectivity index (χ2v) is 7.09. The third-order valence-corrected chi connectivity index (χ3v) is 4.83. The van der Waals surface area contributed by atoms with Gasteiger partial charge in [-0.05, 0) is 24.6 Å². The van der Waals surface area contributed by atoms with Crippen molar-refractivity contribution in [2.45, 2.75) is 12.1 Å². The van der Waals surface area contributed by atoms with E-state index in [1.54, 1.807) is 4.52 Å². The van der Waals surface area contributed by atoms with Gasteiger partial charge in [0.2, 0.25) is 0 Å². The fourth-order valence-electron chi connectivity index (χ4n) is 2.69. The molecule has 7 heteroatoms. The number of H-pyrrole nitrogens is 1. The molecule has 27 heavy (non-hydrogen) atoms. The number of nitrogens with zero attached hydrogens (tertiary/aromatic N) is 3. The fraction of sp³-hybridized carbons (Fsp3) is 0.150. The smallest absolute Gasteiger partial charge is 0.266 e. The first-order valence-electron chi connectivity index (χ1n) is 8.56. The van der Waals surface area contributed by atoms with Gasteiger partial charge in [-0.25, -0.2) is 14.5 Å². The van der Waals surface area contributed by atoms with E-state index >= 15 is 0 Å². The molecule has 2 heterocycles. The molecule has 0 aliphatic rings. The lowest BCUT2D eigenvalue weighted by molar-refractivity contribution is 0.343. The highest BCUT2D eigenvalue weighted by atomic mass is 32.2. The van der Waals surface area contributed by atoms with E-state index in [2.05, 4.69) is 15.1 Å². The SMILES string of the molecule is Cc1cccc(OCCSc2nc(-c3ccccc3)nc3cc(=O)[nH]n23)c1. The van der Waals surface area contributed by atoms with Crippen LogP contribution >= 0.6 is 11.8 Å². The largest absolute Gasteiger partial charge is 0.493 e. The zero-order valence-electron chi connectivity index (χ0n) is 14.8. The predicted molar refractivity (Wildman–Crippen MR) is 106 cm³/mol. The molecule has 0 fully saturated rings. The Kier molecular flexibility index (Phi) is 4.93. The Morgan fingerprint density at radius 3 is 2.74 bits per heavy atom. The number of ether oxygens (including phenoxy) is 1. The molecular weight excluding hydrogens is 360 g/mol. The molecule has 0 aliphatic carbocycles. The van der Waals surface area contributed by atoms with Crippen LogP contribution in [0.2, 0.25) is 0 Å². The molecule has 0 spiro atoms. The van der Waals surface area contributed by atoms with Crippen molar-refractivity contribution in [3.8, 4) is 17.1 Å². The molecule has 0 atom stereocenters. The molecule has 2 aromatic heterocycles. The van der Waals surface area contributed by atoms with Crippen LogP contribution in [0.15, 0.2) is 70.6 Å². The van der Waals surface area contributed by atoms with Crippen LogP contribution in [0.3, 0.4) is 0 Å². The van der Waals surface area contributed by atoms with Crippen molar-refractivity contribution in [3.63, 3.8) is 0 Å². The Bertz CT molecular complexity index is 1120. The Morgan fingerprint density at radius 2 is 1.93 bits per heavy atom. The van der Waals surface area contributed by atoms with E-state index in [0.717, 1.165) is 16.9 Å². The van der Waals surface area contributed by atoms with Gasteiger partial charge >= 0.3 is 0 Å². The van der Waals surface area contributed by atoms with Crippen LogP contribution in [-0.4, -0.2) is 31.9 Å². The summed E-state index contributed by atoms with van der Waals surface area (Å²) in [6.07, 6.45) is 0. The highest BCUT2D eigenvalue weighted by Gasteiger charge is 2.11. The van der Waals surface area contributed by atoms with Crippen molar-refractivity contribution >= 4 is 17.4 Å². The zero-order chi connectivity index (χ0) is 18.6. The zero-order valence-corrected chi connectivity index (χ0v) is 15.6. The number of benzene rings is 2. The van der Waals surface area contributed by atoms with E-state index in [9.17, 15) is 4.79 Å². The lowest BCUT2D eigenvalue weighted by Crippen LogP contribution is -2.06. The first-order chi connectivity index (χ1) is 13.2. The van der Waals surface area contributed by atoms with E-state index in [4.69, 9.17) is 4.74 Å². The molecule has 6 nitrogen and oxygen atoms in total. The first-order valence-corrected chi connectivity index (χ1v) is 9.55. The van der Waals surface area contributed by atoms with Gasteiger partial charge in [0, 0.05) is 17.4 Å². The first kappa shape index (κ1) is 17.4. The van der Waals surface area contributed by atoms with Gasteiger partial charge in [0.1, 0.15) is 5.75 Å². The van der Waals surface area contributed by atoms with E-state index in [1.165, 1.54) is 17.8 Å². The molecule has 0 saturated heterocycles. The average Bonchev–Trinajstić information content (AvgIpc) is 3.06. The minimum absolute atomic E-state index is 0.202. The standard InChI is InChI=1S/C20H18N4O2S/c1-14-6-5-9-16(12-14)26-10-11-27-20-22-19(15-7-3-2-4-8-15)21-17-13-18(25)23-24(17)20/h2-9,12-13H,10-11H2,1H3,(H,23,25). The molecule has 0 radical (unpaired) electrons. The second-order valence-electron chi connectivity index (χ2n) is 6.02. The van der Waals surface area contributed by atoms with Crippen LogP contribution in [0.4, 0.5) is 0 Å². The maximum atomic E-state index is 11.8. The molecule has 0 amide bonds. The highest BCUT2D eigenvalue weighted by Crippen LogP contribution is 2.21. The van der Waals surface area contributed by atoms with Gasteiger partial charge in [0.15, 0.2) is 16.6 Å². The van der Waals surface area contributed by atoms with Crippen LogP contribution in [-0.2, 0) is 0 Å². The van der Waals surface area contributed by atoms with Gasteiger partial charge in [-0.2, -0.15) is 0 Å². The number of aromatic nitrogens is 4. The van der Waals surface area contributed by atoms with Crippen LogP contribution < -0.4 is 10.3 Å². The Labute approximate surface area is 160 Å². The molecule has 1 N–H and O–H groups in total. The van der Waals surface area contributed by atoms with Gasteiger partial charge in [0.05, 0.1) is 6.61 Å². The third kappa shape index (κ3) is 4.03. The Morgan fingerprint density at radius 1 is 1.07 bits per heavy atom. The van der Waals surface area contributed by atoms with E-state index in [0.29, 0.717) is 29.0 Å². The Balaban J connectivity index is 1.54. The van der Waals surface area contributed by atoms with E-state index in [-0.39, 0.29) is 5.56 Å². The van der Waals surface area contributed by atoms with Crippen molar-refractivity contribution < 1.29 is 4.74 Å². The number of hydrogen-bond acceptors (Lipinski definition) is 5. The highest BCUT2D eigenvalue weighted by molar-refractivity contribution is 7.99. The van der Waals surface area contributed by atoms with Crippen LogP contribution in [0.1, 0.15) is 5.56 Å². The summed E-state index contributed by atoms with van der Waals surface area (Å²) in [6.45, 7) is 2.57. The molecule has 0 aliphatic heterocycles. The summed E-state index contributed by atoms with van der Waals surface area (Å²) in [7, 11) is 0. The summed E-state index contributed by atoms with van der Waals surface area (Å²) >= 11 is 1.51. The van der Waals surface area contributed by atoms with Crippen molar-refractivity contribution in [2.75, 3.05) is 12.4 Å². The van der Waals surface area contributed by atoms with Crippen molar-refractivity contribution in [3.05, 3.63) is 76.6 Å². The molecular formula is C20H18N4O2S. The quantitative estimate of drug-likeness (QED) is 0.410. The summed E-state index contributed by atoms with van der Waals surface area (Å²) in [5, 5.41) is 3.42. The second kappa shape index (κ2) is 7.67. The number of fused-ring (bicyclic) bond motifs is 1. The van der Waals surface area contributed by atoms with Gasteiger partial charge in [-0.1, -0.05) is 54.2 Å². The van der Waals surface area contributed by atoms with Crippen LogP contribution in [0.25, 0.3) is 17.0 Å². The van der Waals surface area contributed by atoms with Gasteiger partial charge in [0.25, 0.3) is 5.56 Å². The monoisotopic (exact) mass is 378 g/mol. The maximum Gasteiger partial charge on any atom is 0.266 e. The van der Waals surface area contributed by atoms with E-state index < -0.39 is 0 Å². The van der Waals surface area contributed by atoms with Crippen molar-refractivity contribution in [2.24, 2.45) is 0 Å². The van der Waals surface area contributed by atoms with Crippen molar-refractivity contribution in [1.29, 1.82) is 0 Å². The summed E-state index contributed by atoms with van der Waals surface area (Å²) in [5.41, 5.74) is 2.42. The predicted octanol–water partition coefficient (Wildman–Crippen LogP) is 3.56. The lowest BCUT2D eigenvalue weighted by atomic mass is 10.2. The van der Waals surface area contributed by atoms with Crippen LogP contribution in [0, 0.1) is 6.92 Å². The van der Waals surface area contributed by atoms with Crippen LogP contribution in [0.5, 0.6) is 5.75 Å². The van der Waals surface area contributed by atoms with Gasteiger partial charge < -0.3 is 4.74 Å². The molecule has 0 unspecified atom stereocenters. The number of aryl methyl sites for hydroxylation is 1. The number of aromatic amines is 1.